The number of amides is 1. The number of benzene rings is 2. The highest BCUT2D eigenvalue weighted by Gasteiger charge is 2.40. The van der Waals surface area contributed by atoms with Crippen LogP contribution in [0.5, 0.6) is 0 Å². The first kappa shape index (κ1) is 25.0. The Labute approximate surface area is 198 Å². The van der Waals surface area contributed by atoms with Crippen LogP contribution in [-0.2, 0) is 25.1 Å². The number of nitrogens with one attached hydrogen (secondary N) is 1. The molecule has 0 aromatic heterocycles. The third-order valence-corrected chi connectivity index (χ3v) is 6.76. The van der Waals surface area contributed by atoms with Crippen molar-refractivity contribution in [2.45, 2.75) is 52.2 Å². The van der Waals surface area contributed by atoms with E-state index in [-0.39, 0.29) is 18.3 Å². The third-order valence-electron chi connectivity index (χ3n) is 5.61. The summed E-state index contributed by atoms with van der Waals surface area (Å²) in [6.07, 6.45) is 0.865. The second kappa shape index (κ2) is 9.67. The maximum atomic E-state index is 12.9. The highest BCUT2D eigenvalue weighted by atomic mass is 32.2. The Balaban J connectivity index is 1.75. The fourth-order valence-electron chi connectivity index (χ4n) is 4.30. The van der Waals surface area contributed by atoms with E-state index in [0.717, 1.165) is 22.3 Å². The smallest absolute Gasteiger partial charge is 0.407 e. The first-order chi connectivity index (χ1) is 15.4. The molecule has 0 spiro atoms. The number of alkyl carbamates (subject to hydrolysis) is 1. The zero-order valence-corrected chi connectivity index (χ0v) is 21.0. The predicted octanol–water partition coefficient (Wildman–Crippen LogP) is 4.64. The molecule has 0 fully saturated rings. The summed E-state index contributed by atoms with van der Waals surface area (Å²) in [6.45, 7) is 9.00. The largest absolute Gasteiger partial charge is 0.458 e. The zero-order chi connectivity index (χ0) is 24.4. The van der Waals surface area contributed by atoms with Gasteiger partial charge in [-0.3, -0.25) is 4.21 Å². The third kappa shape index (κ3) is 6.02. The lowest BCUT2D eigenvalue weighted by Crippen LogP contribution is -2.54. The van der Waals surface area contributed by atoms with E-state index in [9.17, 15) is 13.8 Å². The molecule has 0 saturated carbocycles. The van der Waals surface area contributed by atoms with Gasteiger partial charge in [0.1, 0.15) is 18.2 Å². The minimum Gasteiger partial charge on any atom is -0.458 e. The fourth-order valence-corrected chi connectivity index (χ4v) is 5.51. The number of carbonyl (C=O) groups is 2. The average molecular weight is 472 g/mol. The first-order valence-electron chi connectivity index (χ1n) is 11.0. The molecule has 0 aliphatic heterocycles. The molecule has 1 N–H and O–H groups in total. The molecule has 0 radical (unpaired) electrons. The Morgan fingerprint density at radius 1 is 0.970 bits per heavy atom. The van der Waals surface area contributed by atoms with Gasteiger partial charge in [-0.15, -0.1) is 0 Å². The van der Waals surface area contributed by atoms with Gasteiger partial charge in [0, 0.05) is 34.1 Å². The Morgan fingerprint density at radius 2 is 1.48 bits per heavy atom. The van der Waals surface area contributed by atoms with Gasteiger partial charge >= 0.3 is 12.1 Å². The van der Waals surface area contributed by atoms with E-state index >= 15 is 0 Å². The number of hydrogen-bond acceptors (Lipinski definition) is 5. The molecule has 0 saturated heterocycles. The predicted molar refractivity (Wildman–Crippen MR) is 131 cm³/mol. The van der Waals surface area contributed by atoms with Crippen LogP contribution in [-0.4, -0.2) is 46.5 Å². The van der Waals surface area contributed by atoms with Crippen molar-refractivity contribution in [2.24, 2.45) is 5.41 Å². The van der Waals surface area contributed by atoms with Gasteiger partial charge in [0.2, 0.25) is 0 Å². The summed E-state index contributed by atoms with van der Waals surface area (Å²) in [7, 11) is -1.17. The number of ether oxygens (including phenoxy) is 2. The topological polar surface area (TPSA) is 81.7 Å². The Hall–Kier alpha value is -2.67. The van der Waals surface area contributed by atoms with Crippen molar-refractivity contribution in [1.29, 1.82) is 0 Å². The molecule has 33 heavy (non-hydrogen) atoms. The molecule has 1 aliphatic rings. The zero-order valence-electron chi connectivity index (χ0n) is 20.1. The van der Waals surface area contributed by atoms with Crippen molar-refractivity contribution in [3.05, 3.63) is 59.7 Å². The van der Waals surface area contributed by atoms with Crippen LogP contribution in [0.1, 0.15) is 51.7 Å². The molecular formula is C26H33NO5S. The van der Waals surface area contributed by atoms with Crippen molar-refractivity contribution in [1.82, 2.24) is 5.32 Å². The van der Waals surface area contributed by atoms with Gasteiger partial charge in [0.25, 0.3) is 0 Å². The summed E-state index contributed by atoms with van der Waals surface area (Å²) in [5.74, 6) is -0.439. The fraction of sp³-hybridized carbons (Fsp3) is 0.462. The Bertz CT molecular complexity index is 1010. The van der Waals surface area contributed by atoms with Gasteiger partial charge in [0.05, 0.1) is 0 Å². The molecule has 178 valence electrons. The summed E-state index contributed by atoms with van der Waals surface area (Å²) in [4.78, 5) is 25.7. The van der Waals surface area contributed by atoms with Crippen LogP contribution in [0.3, 0.4) is 0 Å². The highest BCUT2D eigenvalue weighted by molar-refractivity contribution is 7.84. The molecule has 1 amide bonds. The van der Waals surface area contributed by atoms with Gasteiger partial charge < -0.3 is 14.8 Å². The Morgan fingerprint density at radius 3 is 1.97 bits per heavy atom. The number of rotatable bonds is 7. The minimum atomic E-state index is -1.17. The van der Waals surface area contributed by atoms with E-state index in [0.29, 0.717) is 0 Å². The van der Waals surface area contributed by atoms with E-state index in [4.69, 9.17) is 9.47 Å². The molecule has 2 aromatic carbocycles. The first-order valence-corrected chi connectivity index (χ1v) is 12.8. The lowest BCUT2D eigenvalue weighted by Gasteiger charge is -2.34. The summed E-state index contributed by atoms with van der Waals surface area (Å²) in [5.41, 5.74) is 2.97. The second-order valence-electron chi connectivity index (χ2n) is 10.1. The van der Waals surface area contributed by atoms with Crippen LogP contribution in [0.15, 0.2) is 48.5 Å². The van der Waals surface area contributed by atoms with Crippen molar-refractivity contribution < 1.29 is 23.3 Å². The maximum absolute atomic E-state index is 12.9. The maximum Gasteiger partial charge on any atom is 0.407 e. The van der Waals surface area contributed by atoms with Crippen LogP contribution in [0.2, 0.25) is 0 Å². The van der Waals surface area contributed by atoms with Gasteiger partial charge in [-0.05, 0) is 43.0 Å². The van der Waals surface area contributed by atoms with Crippen LogP contribution >= 0.6 is 0 Å². The Kier molecular flexibility index (Phi) is 7.32. The molecule has 2 atom stereocenters. The van der Waals surface area contributed by atoms with Gasteiger partial charge in [-0.1, -0.05) is 62.4 Å². The minimum absolute atomic E-state index is 0.0840. The van der Waals surface area contributed by atoms with Crippen LogP contribution in [0, 0.1) is 5.41 Å². The molecule has 3 rings (SSSR count). The van der Waals surface area contributed by atoms with E-state index in [1.165, 1.54) is 0 Å². The number of carbonyl (C=O) groups excluding carboxylic acids is 2. The van der Waals surface area contributed by atoms with Gasteiger partial charge in [0.15, 0.2) is 0 Å². The normalized spacial score (nSPS) is 15.2. The molecular weight excluding hydrogens is 438 g/mol. The molecule has 7 heteroatoms. The number of hydrogen-bond donors (Lipinski definition) is 1. The summed E-state index contributed by atoms with van der Waals surface area (Å²) in [6, 6.07) is 15.2. The van der Waals surface area contributed by atoms with E-state index in [1.54, 1.807) is 40.9 Å². The number of fused-ring (bicyclic) bond motifs is 3. The number of esters is 1. The van der Waals surface area contributed by atoms with E-state index in [1.807, 2.05) is 36.4 Å². The standard InChI is InChI=1S/C26H33NO5S/c1-25(2,3)32-23(28)22(26(4,5)16-33(6)30)27-24(29)31-15-21-19-13-9-7-11-17(19)18-12-8-10-14-20(18)21/h7-14,21-22H,15-16H2,1-6H3,(H,27,29)/t22-,33-/m1/s1. The van der Waals surface area contributed by atoms with Crippen molar-refractivity contribution in [2.75, 3.05) is 18.6 Å². The molecule has 0 unspecified atom stereocenters. The lowest BCUT2D eigenvalue weighted by molar-refractivity contribution is -0.160. The molecule has 2 aromatic rings. The van der Waals surface area contributed by atoms with E-state index in [2.05, 4.69) is 17.4 Å². The van der Waals surface area contributed by atoms with Crippen molar-refractivity contribution >= 4 is 22.9 Å². The van der Waals surface area contributed by atoms with Crippen LogP contribution < -0.4 is 5.32 Å². The molecule has 0 bridgehead atoms. The van der Waals surface area contributed by atoms with Crippen LogP contribution in [0.25, 0.3) is 11.1 Å². The summed E-state index contributed by atoms with van der Waals surface area (Å²) in [5, 5.41) is 2.69. The average Bonchev–Trinajstić information content (AvgIpc) is 3.02. The van der Waals surface area contributed by atoms with Crippen LogP contribution in [0.4, 0.5) is 4.79 Å². The van der Waals surface area contributed by atoms with Gasteiger partial charge in [-0.2, -0.15) is 0 Å². The monoisotopic (exact) mass is 471 g/mol. The van der Waals surface area contributed by atoms with E-state index < -0.39 is 39.9 Å². The van der Waals surface area contributed by atoms with Gasteiger partial charge in [-0.25, -0.2) is 9.59 Å². The molecule has 6 nitrogen and oxygen atoms in total. The SMILES string of the molecule is C[S@@](=O)CC(C)(C)[C@H](NC(=O)OCC1c2ccccc2-c2ccccc21)C(=O)OC(C)(C)C. The summed E-state index contributed by atoms with van der Waals surface area (Å²) < 4.78 is 23.1. The van der Waals surface area contributed by atoms with Crippen molar-refractivity contribution in [3.63, 3.8) is 0 Å². The van der Waals surface area contributed by atoms with Crippen molar-refractivity contribution in [3.8, 4) is 11.1 Å². The molecule has 1 aliphatic carbocycles. The highest BCUT2D eigenvalue weighted by Crippen LogP contribution is 2.44. The molecule has 0 heterocycles. The summed E-state index contributed by atoms with van der Waals surface area (Å²) >= 11 is 0. The second-order valence-corrected chi connectivity index (χ2v) is 11.6. The quantitative estimate of drug-likeness (QED) is 0.595. The lowest BCUT2D eigenvalue weighted by atomic mass is 9.86.